The number of hydrogen-bond acceptors (Lipinski definition) is 9. The van der Waals surface area contributed by atoms with Crippen LogP contribution in [0.4, 0.5) is 17.1 Å². The van der Waals surface area contributed by atoms with Crippen molar-refractivity contribution in [3.63, 3.8) is 0 Å². The van der Waals surface area contributed by atoms with Gasteiger partial charge in [0.25, 0.3) is 11.8 Å². The van der Waals surface area contributed by atoms with Gasteiger partial charge in [-0.3, -0.25) is 34.2 Å². The van der Waals surface area contributed by atoms with E-state index in [1.165, 1.54) is 6.92 Å². The van der Waals surface area contributed by atoms with Gasteiger partial charge in [0.1, 0.15) is 6.04 Å². The lowest BCUT2D eigenvalue weighted by atomic mass is 9.96. The van der Waals surface area contributed by atoms with Crippen LogP contribution < -0.4 is 21.3 Å². The second kappa shape index (κ2) is 13.6. The highest BCUT2D eigenvalue weighted by molar-refractivity contribution is 6.24. The van der Waals surface area contributed by atoms with E-state index in [1.54, 1.807) is 25.1 Å². The lowest BCUT2D eigenvalue weighted by molar-refractivity contribution is -0.136. The van der Waals surface area contributed by atoms with Crippen LogP contribution in [-0.2, 0) is 19.8 Å². The molecule has 1 saturated heterocycles. The molecule has 3 aromatic carbocycles. The van der Waals surface area contributed by atoms with Gasteiger partial charge in [0.15, 0.2) is 5.78 Å². The molecule has 0 radical (unpaired) electrons. The molecule has 2 aliphatic heterocycles. The second-order valence-corrected chi connectivity index (χ2v) is 13.3. The molecule has 6 rings (SSSR count). The number of imide groups is 2. The molecular formula is C39H40N6O5. The van der Waals surface area contributed by atoms with E-state index in [9.17, 15) is 29.2 Å². The first-order valence-corrected chi connectivity index (χ1v) is 16.9. The number of nitrogens with two attached hydrogens (primary N) is 1. The van der Waals surface area contributed by atoms with Crippen LogP contribution in [0.3, 0.4) is 0 Å². The molecule has 256 valence electrons. The van der Waals surface area contributed by atoms with Crippen molar-refractivity contribution >= 4 is 52.0 Å². The number of allylic oxidation sites excluding steroid dienone is 2. The Morgan fingerprint density at radius 2 is 1.72 bits per heavy atom. The smallest absolute Gasteiger partial charge is 0.262 e. The van der Waals surface area contributed by atoms with Gasteiger partial charge < -0.3 is 16.0 Å². The van der Waals surface area contributed by atoms with E-state index in [-0.39, 0.29) is 35.2 Å². The number of unbranched alkanes of at least 4 members (excludes halogenated alkanes) is 1. The number of nitriles is 1. The molecule has 1 unspecified atom stereocenters. The maximum absolute atomic E-state index is 13.2. The maximum Gasteiger partial charge on any atom is 0.262 e. The summed E-state index contributed by atoms with van der Waals surface area (Å²) in [6.07, 6.45) is 3.47. The van der Waals surface area contributed by atoms with E-state index in [0.29, 0.717) is 30.0 Å². The van der Waals surface area contributed by atoms with Gasteiger partial charge in [-0.05, 0) is 106 Å². The van der Waals surface area contributed by atoms with Gasteiger partial charge in [-0.15, -0.1) is 0 Å². The number of nitrogens with one attached hydrogen (secondary N) is 2. The number of Topliss-reactive ketones (excluding diaryl/α,β-unsaturated/α-hetero) is 1. The molecule has 3 aliphatic rings. The Balaban J connectivity index is 1.16. The van der Waals surface area contributed by atoms with Gasteiger partial charge in [0.05, 0.1) is 22.6 Å². The largest absolute Gasteiger partial charge is 0.402 e. The van der Waals surface area contributed by atoms with Crippen molar-refractivity contribution in [3.8, 4) is 6.07 Å². The van der Waals surface area contributed by atoms with Crippen molar-refractivity contribution in [3.05, 3.63) is 94.2 Å². The Bertz CT molecular complexity index is 1980. The molecule has 4 amide bonds. The molecule has 3 aromatic rings. The zero-order valence-electron chi connectivity index (χ0n) is 28.5. The van der Waals surface area contributed by atoms with E-state index in [2.05, 4.69) is 21.6 Å². The minimum atomic E-state index is -1.01. The van der Waals surface area contributed by atoms with E-state index >= 15 is 0 Å². The fourth-order valence-electron chi connectivity index (χ4n) is 6.91. The summed E-state index contributed by atoms with van der Waals surface area (Å²) in [5.74, 6) is -2.24. The van der Waals surface area contributed by atoms with E-state index in [4.69, 9.17) is 5.73 Å². The first-order valence-electron chi connectivity index (χ1n) is 16.9. The van der Waals surface area contributed by atoms with Crippen LogP contribution in [0.15, 0.2) is 66.4 Å². The minimum absolute atomic E-state index is 0.0656. The quantitative estimate of drug-likeness (QED) is 0.132. The Labute approximate surface area is 291 Å². The first-order chi connectivity index (χ1) is 23.9. The highest BCUT2D eigenvalue weighted by Gasteiger charge is 2.45. The molecule has 2 heterocycles. The summed E-state index contributed by atoms with van der Waals surface area (Å²) >= 11 is 0. The molecule has 0 spiro atoms. The number of carbonyl (C=O) groups excluding carboxylic acids is 5. The normalized spacial score (nSPS) is 18.2. The average Bonchev–Trinajstić information content (AvgIpc) is 3.85. The van der Waals surface area contributed by atoms with Gasteiger partial charge in [-0.2, -0.15) is 5.26 Å². The SMILES string of the molecule is CC(=O)C(=C(C)N)c1ccc(C)c(N(CCCCNc2ccc3c(c2)C(=O)N(C2CCC(=O)NC2=O)C3=O)c2ccc(C3(C#N)CC3)cc2)c1. The lowest BCUT2D eigenvalue weighted by Gasteiger charge is -2.28. The van der Waals surface area contributed by atoms with Gasteiger partial charge >= 0.3 is 0 Å². The van der Waals surface area contributed by atoms with E-state index in [0.717, 1.165) is 58.6 Å². The molecule has 4 N–H and O–H groups in total. The summed E-state index contributed by atoms with van der Waals surface area (Å²) < 4.78 is 0. The van der Waals surface area contributed by atoms with Crippen molar-refractivity contribution in [2.75, 3.05) is 23.3 Å². The van der Waals surface area contributed by atoms with E-state index < -0.39 is 29.7 Å². The van der Waals surface area contributed by atoms with Crippen LogP contribution in [0.25, 0.3) is 5.57 Å². The minimum Gasteiger partial charge on any atom is -0.402 e. The summed E-state index contributed by atoms with van der Waals surface area (Å²) in [4.78, 5) is 66.0. The summed E-state index contributed by atoms with van der Waals surface area (Å²) in [6, 6.07) is 20.5. The molecule has 1 atom stereocenters. The van der Waals surface area contributed by atoms with Gasteiger partial charge in [0.2, 0.25) is 11.8 Å². The molecule has 50 heavy (non-hydrogen) atoms. The zero-order valence-corrected chi connectivity index (χ0v) is 28.5. The van der Waals surface area contributed by atoms with Crippen LogP contribution in [0, 0.1) is 18.3 Å². The summed E-state index contributed by atoms with van der Waals surface area (Å²) in [5.41, 5.74) is 12.6. The van der Waals surface area contributed by atoms with Crippen molar-refractivity contribution in [2.45, 2.75) is 70.8 Å². The number of benzene rings is 3. The van der Waals surface area contributed by atoms with Gasteiger partial charge in [0, 0.05) is 47.8 Å². The van der Waals surface area contributed by atoms with Crippen molar-refractivity contribution < 1.29 is 24.0 Å². The number of hydrogen-bond donors (Lipinski definition) is 3. The average molecular weight is 673 g/mol. The molecule has 11 nitrogen and oxygen atoms in total. The Hall–Kier alpha value is -5.76. The number of piperidine rings is 1. The molecule has 2 fully saturated rings. The van der Waals surface area contributed by atoms with E-state index in [1.807, 2.05) is 49.4 Å². The molecule has 0 bridgehead atoms. The highest BCUT2D eigenvalue weighted by Crippen LogP contribution is 2.48. The first kappa shape index (κ1) is 34.1. The van der Waals surface area contributed by atoms with Crippen LogP contribution in [-0.4, -0.2) is 53.4 Å². The Morgan fingerprint density at radius 3 is 2.36 bits per heavy atom. The Kier molecular flexibility index (Phi) is 9.30. The summed E-state index contributed by atoms with van der Waals surface area (Å²) in [7, 11) is 0. The molecule has 11 heteroatoms. The molecular weight excluding hydrogens is 632 g/mol. The number of anilines is 3. The monoisotopic (exact) mass is 672 g/mol. The third kappa shape index (κ3) is 6.49. The molecule has 1 saturated carbocycles. The summed E-state index contributed by atoms with van der Waals surface area (Å²) in [5, 5.41) is 15.3. The van der Waals surface area contributed by atoms with Gasteiger partial charge in [-0.25, -0.2) is 0 Å². The number of fused-ring (bicyclic) bond motifs is 1. The number of rotatable bonds is 12. The third-order valence-electron chi connectivity index (χ3n) is 9.81. The number of ketones is 1. The predicted octanol–water partition coefficient (Wildman–Crippen LogP) is 5.26. The fraction of sp³-hybridized carbons (Fsp3) is 0.333. The Morgan fingerprint density at radius 1 is 1.00 bits per heavy atom. The second-order valence-electron chi connectivity index (χ2n) is 13.3. The number of nitrogens with zero attached hydrogens (tertiary/aromatic N) is 3. The maximum atomic E-state index is 13.2. The van der Waals surface area contributed by atoms with Crippen LogP contribution >= 0.6 is 0 Å². The predicted molar refractivity (Wildman–Crippen MR) is 189 cm³/mol. The topological polar surface area (TPSA) is 166 Å². The highest BCUT2D eigenvalue weighted by atomic mass is 16.2. The molecule has 0 aromatic heterocycles. The van der Waals surface area contributed by atoms with Crippen molar-refractivity contribution in [1.29, 1.82) is 5.26 Å². The summed E-state index contributed by atoms with van der Waals surface area (Å²) in [6.45, 7) is 6.53. The number of aryl methyl sites for hydroxylation is 1. The van der Waals surface area contributed by atoms with Gasteiger partial charge in [-0.1, -0.05) is 24.3 Å². The van der Waals surface area contributed by atoms with Crippen LogP contribution in [0.2, 0.25) is 0 Å². The van der Waals surface area contributed by atoms with Crippen molar-refractivity contribution in [2.24, 2.45) is 5.73 Å². The standard InChI is InChI=1S/C39H40N6O5/c1-23-6-7-26(35(24(2)41)25(3)46)20-33(23)44(29-11-8-27(9-12-29)39(22-40)16-17-39)19-5-4-18-42-28-10-13-30-31(21-28)38(50)45(37(30)49)32-14-15-34(47)43-36(32)48/h6-13,20-21,32,42H,4-5,14-19,41H2,1-3H3,(H,43,47,48). The van der Waals surface area contributed by atoms with Crippen LogP contribution in [0.5, 0.6) is 0 Å². The number of carbonyl (C=O) groups is 5. The molecule has 1 aliphatic carbocycles. The van der Waals surface area contributed by atoms with Crippen LogP contribution in [0.1, 0.15) is 89.8 Å². The fourth-order valence-corrected chi connectivity index (χ4v) is 6.91. The number of amides is 4. The third-order valence-corrected chi connectivity index (χ3v) is 9.81. The van der Waals surface area contributed by atoms with Crippen molar-refractivity contribution in [1.82, 2.24) is 10.2 Å². The zero-order chi connectivity index (χ0) is 35.7. The lowest BCUT2D eigenvalue weighted by Crippen LogP contribution is -2.54.